The van der Waals surface area contributed by atoms with Crippen molar-refractivity contribution in [1.29, 1.82) is 0 Å². The SMILES string of the molecule is CCCOc1cc(NC2(C)CCC2)c(N)cc1F. The molecule has 1 aromatic rings. The molecular weight excluding hydrogens is 231 g/mol. The number of hydrogen-bond donors (Lipinski definition) is 2. The fraction of sp³-hybridized carbons (Fsp3) is 0.571. The van der Waals surface area contributed by atoms with E-state index in [0.29, 0.717) is 12.3 Å². The van der Waals surface area contributed by atoms with Gasteiger partial charge in [-0.1, -0.05) is 6.92 Å². The number of benzene rings is 1. The molecule has 0 spiro atoms. The number of halogens is 1. The van der Waals surface area contributed by atoms with Crippen LogP contribution in [0.1, 0.15) is 39.5 Å². The Hall–Kier alpha value is -1.45. The zero-order chi connectivity index (χ0) is 13.2. The van der Waals surface area contributed by atoms with Gasteiger partial charge < -0.3 is 15.8 Å². The van der Waals surface area contributed by atoms with E-state index < -0.39 is 5.82 Å². The molecule has 0 radical (unpaired) electrons. The second kappa shape index (κ2) is 5.04. The second-order valence-electron chi connectivity index (χ2n) is 5.26. The topological polar surface area (TPSA) is 47.3 Å². The van der Waals surface area contributed by atoms with Crippen LogP contribution in [0.2, 0.25) is 0 Å². The predicted molar refractivity (Wildman–Crippen MR) is 72.5 cm³/mol. The van der Waals surface area contributed by atoms with E-state index in [9.17, 15) is 4.39 Å². The Bertz CT molecular complexity index is 430. The molecule has 0 aromatic heterocycles. The van der Waals surface area contributed by atoms with Gasteiger partial charge in [0.1, 0.15) is 0 Å². The molecule has 0 saturated heterocycles. The number of ether oxygens (including phenoxy) is 1. The van der Waals surface area contributed by atoms with E-state index in [1.807, 2.05) is 6.92 Å². The van der Waals surface area contributed by atoms with Crippen LogP contribution in [0.5, 0.6) is 5.75 Å². The van der Waals surface area contributed by atoms with Gasteiger partial charge in [0.15, 0.2) is 11.6 Å². The van der Waals surface area contributed by atoms with Gasteiger partial charge in [0.25, 0.3) is 0 Å². The molecule has 3 N–H and O–H groups in total. The highest BCUT2D eigenvalue weighted by Gasteiger charge is 2.32. The fourth-order valence-corrected chi connectivity index (χ4v) is 2.16. The summed E-state index contributed by atoms with van der Waals surface area (Å²) >= 11 is 0. The van der Waals surface area contributed by atoms with Gasteiger partial charge in [-0.15, -0.1) is 0 Å². The Morgan fingerprint density at radius 3 is 2.72 bits per heavy atom. The molecule has 1 saturated carbocycles. The molecule has 1 aromatic carbocycles. The van der Waals surface area contributed by atoms with Crippen LogP contribution in [0.25, 0.3) is 0 Å². The van der Waals surface area contributed by atoms with Crippen LogP contribution in [0.4, 0.5) is 15.8 Å². The quantitative estimate of drug-likeness (QED) is 0.788. The summed E-state index contributed by atoms with van der Waals surface area (Å²) in [6.07, 6.45) is 4.32. The van der Waals surface area contributed by atoms with Crippen molar-refractivity contribution < 1.29 is 9.13 Å². The first-order chi connectivity index (χ1) is 8.54. The summed E-state index contributed by atoms with van der Waals surface area (Å²) in [6, 6.07) is 3.00. The Kier molecular flexibility index (Phi) is 3.64. The third-order valence-electron chi connectivity index (χ3n) is 3.46. The summed E-state index contributed by atoms with van der Waals surface area (Å²) in [6.45, 7) is 4.66. The van der Waals surface area contributed by atoms with Crippen LogP contribution >= 0.6 is 0 Å². The molecule has 0 heterocycles. The van der Waals surface area contributed by atoms with Gasteiger partial charge in [0, 0.05) is 17.7 Å². The highest BCUT2D eigenvalue weighted by Crippen LogP contribution is 2.38. The smallest absolute Gasteiger partial charge is 0.167 e. The normalized spacial score (nSPS) is 17.1. The van der Waals surface area contributed by atoms with Gasteiger partial charge in [-0.3, -0.25) is 0 Å². The summed E-state index contributed by atoms with van der Waals surface area (Å²) in [5, 5.41) is 3.40. The molecule has 0 aliphatic heterocycles. The van der Waals surface area contributed by atoms with Crippen molar-refractivity contribution in [3.63, 3.8) is 0 Å². The number of rotatable bonds is 5. The maximum Gasteiger partial charge on any atom is 0.167 e. The average Bonchev–Trinajstić information content (AvgIpc) is 2.29. The first-order valence-corrected chi connectivity index (χ1v) is 6.54. The van der Waals surface area contributed by atoms with Crippen LogP contribution in [0.3, 0.4) is 0 Å². The van der Waals surface area contributed by atoms with E-state index in [4.69, 9.17) is 10.5 Å². The molecule has 1 aliphatic carbocycles. The molecule has 0 atom stereocenters. The zero-order valence-electron chi connectivity index (χ0n) is 11.1. The lowest BCUT2D eigenvalue weighted by molar-refractivity contribution is 0.299. The van der Waals surface area contributed by atoms with Crippen molar-refractivity contribution in [1.82, 2.24) is 0 Å². The van der Waals surface area contributed by atoms with E-state index in [0.717, 1.165) is 24.9 Å². The van der Waals surface area contributed by atoms with Crippen molar-refractivity contribution in [2.45, 2.75) is 45.1 Å². The number of hydrogen-bond acceptors (Lipinski definition) is 3. The summed E-state index contributed by atoms with van der Waals surface area (Å²) in [5.74, 6) is -0.123. The molecule has 4 heteroatoms. The highest BCUT2D eigenvalue weighted by molar-refractivity contribution is 5.69. The molecule has 3 nitrogen and oxygen atoms in total. The van der Waals surface area contributed by atoms with Gasteiger partial charge in [-0.2, -0.15) is 0 Å². The lowest BCUT2D eigenvalue weighted by Crippen LogP contribution is -2.41. The summed E-state index contributed by atoms with van der Waals surface area (Å²) in [4.78, 5) is 0. The highest BCUT2D eigenvalue weighted by atomic mass is 19.1. The lowest BCUT2D eigenvalue weighted by Gasteiger charge is -2.40. The van der Waals surface area contributed by atoms with Gasteiger partial charge in [0.2, 0.25) is 0 Å². The van der Waals surface area contributed by atoms with Crippen LogP contribution in [-0.2, 0) is 0 Å². The molecule has 1 aliphatic rings. The number of nitrogen functional groups attached to an aromatic ring is 1. The van der Waals surface area contributed by atoms with Gasteiger partial charge >= 0.3 is 0 Å². The van der Waals surface area contributed by atoms with Crippen molar-refractivity contribution in [3.05, 3.63) is 17.9 Å². The molecular formula is C14H21FN2O. The second-order valence-corrected chi connectivity index (χ2v) is 5.26. The minimum atomic E-state index is -0.398. The first kappa shape index (κ1) is 13.0. The minimum absolute atomic E-state index is 0.0912. The number of anilines is 2. The average molecular weight is 252 g/mol. The summed E-state index contributed by atoms with van der Waals surface area (Å²) < 4.78 is 19.0. The minimum Gasteiger partial charge on any atom is -0.490 e. The molecule has 18 heavy (non-hydrogen) atoms. The molecule has 0 amide bonds. The maximum absolute atomic E-state index is 13.6. The van der Waals surface area contributed by atoms with Gasteiger partial charge in [0.05, 0.1) is 18.0 Å². The van der Waals surface area contributed by atoms with E-state index in [1.54, 1.807) is 6.07 Å². The van der Waals surface area contributed by atoms with Crippen LogP contribution in [0, 0.1) is 5.82 Å². The molecule has 2 rings (SSSR count). The van der Waals surface area contributed by atoms with E-state index in [2.05, 4.69) is 12.2 Å². The molecule has 0 unspecified atom stereocenters. The monoisotopic (exact) mass is 252 g/mol. The van der Waals surface area contributed by atoms with Crippen molar-refractivity contribution in [3.8, 4) is 5.75 Å². The van der Waals surface area contributed by atoms with Crippen LogP contribution in [0.15, 0.2) is 12.1 Å². The third kappa shape index (κ3) is 2.68. The van der Waals surface area contributed by atoms with Crippen molar-refractivity contribution in [2.75, 3.05) is 17.7 Å². The van der Waals surface area contributed by atoms with E-state index in [1.165, 1.54) is 12.5 Å². The van der Waals surface area contributed by atoms with Crippen molar-refractivity contribution >= 4 is 11.4 Å². The van der Waals surface area contributed by atoms with Crippen LogP contribution < -0.4 is 15.8 Å². The van der Waals surface area contributed by atoms with Gasteiger partial charge in [-0.25, -0.2) is 4.39 Å². The number of nitrogens with one attached hydrogen (secondary N) is 1. The first-order valence-electron chi connectivity index (χ1n) is 6.54. The predicted octanol–water partition coefficient (Wildman–Crippen LogP) is 3.55. The Balaban J connectivity index is 2.18. The Labute approximate surface area is 108 Å². The van der Waals surface area contributed by atoms with Gasteiger partial charge in [-0.05, 0) is 32.6 Å². The fourth-order valence-electron chi connectivity index (χ4n) is 2.16. The molecule has 0 bridgehead atoms. The Morgan fingerprint density at radius 1 is 1.44 bits per heavy atom. The maximum atomic E-state index is 13.6. The Morgan fingerprint density at radius 2 is 2.17 bits per heavy atom. The number of nitrogens with two attached hydrogens (primary N) is 1. The molecule has 100 valence electrons. The summed E-state index contributed by atoms with van der Waals surface area (Å²) in [7, 11) is 0. The standard InChI is InChI=1S/C14H21FN2O/c1-3-7-18-13-9-12(11(16)8-10(13)15)17-14(2)5-4-6-14/h8-9,17H,3-7,16H2,1-2H3. The molecule has 1 fully saturated rings. The summed E-state index contributed by atoms with van der Waals surface area (Å²) in [5.41, 5.74) is 7.14. The van der Waals surface area contributed by atoms with Crippen molar-refractivity contribution in [2.24, 2.45) is 0 Å². The largest absolute Gasteiger partial charge is 0.490 e. The van der Waals surface area contributed by atoms with E-state index in [-0.39, 0.29) is 11.3 Å². The van der Waals surface area contributed by atoms with Crippen LogP contribution in [-0.4, -0.2) is 12.1 Å². The zero-order valence-corrected chi connectivity index (χ0v) is 11.1. The van der Waals surface area contributed by atoms with E-state index >= 15 is 0 Å². The third-order valence-corrected chi connectivity index (χ3v) is 3.46. The lowest BCUT2D eigenvalue weighted by atomic mass is 9.78.